The molecule has 0 fully saturated rings. The summed E-state index contributed by atoms with van der Waals surface area (Å²) in [5.41, 5.74) is 0. The van der Waals surface area contributed by atoms with Gasteiger partial charge >= 0.3 is 39.5 Å². The number of carbonyl (C=O) groups excluding carboxylic acids is 4. The fourth-order valence-corrected chi connectivity index (χ4v) is 13.3. The maximum Gasteiger partial charge on any atom is 0.472 e. The SMILES string of the molecule is CCCCCCCCCCCCCCCCCCCCCCC(=O)O[C@H](COC(=O)CCCCCCCCCCCCCCCC(C)C)COP(=O)(O)OC[C@@H](O)COP(=O)(O)OC[C@@H](COC(=O)CCCCCCCCCCC)OC(=O)CCCCCCCCCCCC. The molecular formula is C76H148O17P2. The van der Waals surface area contributed by atoms with Gasteiger partial charge in [-0.2, -0.15) is 0 Å². The molecule has 2 unspecified atom stereocenters. The summed E-state index contributed by atoms with van der Waals surface area (Å²) >= 11 is 0. The van der Waals surface area contributed by atoms with Gasteiger partial charge in [-0.3, -0.25) is 37.3 Å². The predicted molar refractivity (Wildman–Crippen MR) is 386 cm³/mol. The lowest BCUT2D eigenvalue weighted by atomic mass is 10.0. The van der Waals surface area contributed by atoms with Crippen LogP contribution in [0.1, 0.15) is 401 Å². The third kappa shape index (κ3) is 70.3. The Morgan fingerprint density at radius 2 is 0.484 bits per heavy atom. The average Bonchev–Trinajstić information content (AvgIpc) is 2.59. The number of esters is 4. The summed E-state index contributed by atoms with van der Waals surface area (Å²) in [6.45, 7) is 7.28. The van der Waals surface area contributed by atoms with Gasteiger partial charge < -0.3 is 33.8 Å². The highest BCUT2D eigenvalue weighted by Gasteiger charge is 2.30. The molecule has 0 saturated carbocycles. The smallest absolute Gasteiger partial charge is 0.462 e. The molecule has 19 heteroatoms. The lowest BCUT2D eigenvalue weighted by molar-refractivity contribution is -0.161. The summed E-state index contributed by atoms with van der Waals surface area (Å²) in [6.07, 6.45) is 58.3. The molecule has 564 valence electrons. The van der Waals surface area contributed by atoms with E-state index in [9.17, 15) is 43.2 Å². The molecule has 0 aliphatic rings. The van der Waals surface area contributed by atoms with Crippen LogP contribution in [-0.4, -0.2) is 96.7 Å². The van der Waals surface area contributed by atoms with Crippen molar-refractivity contribution in [2.24, 2.45) is 5.92 Å². The molecule has 0 heterocycles. The van der Waals surface area contributed by atoms with E-state index in [1.165, 1.54) is 225 Å². The van der Waals surface area contributed by atoms with E-state index < -0.39 is 97.5 Å². The van der Waals surface area contributed by atoms with E-state index in [1.54, 1.807) is 0 Å². The van der Waals surface area contributed by atoms with Crippen molar-refractivity contribution in [3.8, 4) is 0 Å². The van der Waals surface area contributed by atoms with E-state index in [0.29, 0.717) is 25.7 Å². The van der Waals surface area contributed by atoms with Crippen molar-refractivity contribution in [2.45, 2.75) is 419 Å². The Morgan fingerprint density at radius 1 is 0.284 bits per heavy atom. The first-order chi connectivity index (χ1) is 46.0. The third-order valence-electron chi connectivity index (χ3n) is 17.8. The molecule has 0 spiro atoms. The minimum absolute atomic E-state index is 0.107. The number of carbonyl (C=O) groups is 4. The number of hydrogen-bond acceptors (Lipinski definition) is 15. The van der Waals surface area contributed by atoms with E-state index in [4.69, 9.17) is 37.0 Å². The van der Waals surface area contributed by atoms with Gasteiger partial charge in [-0.25, -0.2) is 9.13 Å². The fraction of sp³-hybridized carbons (Fsp3) is 0.947. The molecule has 5 atom stereocenters. The lowest BCUT2D eigenvalue weighted by Gasteiger charge is -2.21. The summed E-state index contributed by atoms with van der Waals surface area (Å²) < 4.78 is 68.4. The maximum atomic E-state index is 13.1. The summed E-state index contributed by atoms with van der Waals surface area (Å²) in [4.78, 5) is 72.7. The molecule has 95 heavy (non-hydrogen) atoms. The Bertz CT molecular complexity index is 1820. The molecule has 17 nitrogen and oxygen atoms in total. The number of hydrogen-bond donors (Lipinski definition) is 3. The molecule has 0 rings (SSSR count). The average molecular weight is 1400 g/mol. The van der Waals surface area contributed by atoms with Gasteiger partial charge in [0.05, 0.1) is 26.4 Å². The van der Waals surface area contributed by atoms with Gasteiger partial charge in [0.2, 0.25) is 0 Å². The van der Waals surface area contributed by atoms with Crippen molar-refractivity contribution in [1.29, 1.82) is 0 Å². The highest BCUT2D eigenvalue weighted by Crippen LogP contribution is 2.45. The zero-order chi connectivity index (χ0) is 69.8. The summed E-state index contributed by atoms with van der Waals surface area (Å²) in [7, 11) is -9.90. The van der Waals surface area contributed by atoms with Crippen molar-refractivity contribution < 1.29 is 80.2 Å². The first-order valence-corrected chi connectivity index (χ1v) is 42.6. The summed E-state index contributed by atoms with van der Waals surface area (Å²) in [6, 6.07) is 0. The minimum atomic E-state index is -4.96. The number of ether oxygens (including phenoxy) is 4. The van der Waals surface area contributed by atoms with E-state index in [0.717, 1.165) is 95.8 Å². The molecule has 0 aromatic heterocycles. The van der Waals surface area contributed by atoms with Gasteiger partial charge in [-0.05, 0) is 31.6 Å². The molecule has 0 radical (unpaired) electrons. The number of phosphoric acid groups is 2. The van der Waals surface area contributed by atoms with Crippen LogP contribution in [0.2, 0.25) is 0 Å². The van der Waals surface area contributed by atoms with Crippen LogP contribution in [0.5, 0.6) is 0 Å². The zero-order valence-electron chi connectivity index (χ0n) is 61.8. The van der Waals surface area contributed by atoms with Gasteiger partial charge in [0.25, 0.3) is 0 Å². The van der Waals surface area contributed by atoms with Crippen molar-refractivity contribution in [3.05, 3.63) is 0 Å². The highest BCUT2D eigenvalue weighted by atomic mass is 31.2. The van der Waals surface area contributed by atoms with E-state index in [2.05, 4.69) is 34.6 Å². The lowest BCUT2D eigenvalue weighted by Crippen LogP contribution is -2.30. The van der Waals surface area contributed by atoms with Crippen LogP contribution < -0.4 is 0 Å². The number of rotatable bonds is 76. The predicted octanol–water partition coefficient (Wildman–Crippen LogP) is 22.5. The molecule has 3 N–H and O–H groups in total. The van der Waals surface area contributed by atoms with E-state index >= 15 is 0 Å². The number of phosphoric ester groups is 2. The molecular weight excluding hydrogens is 1250 g/mol. The van der Waals surface area contributed by atoms with Crippen LogP contribution in [0.3, 0.4) is 0 Å². The van der Waals surface area contributed by atoms with Crippen molar-refractivity contribution in [2.75, 3.05) is 39.6 Å². The Morgan fingerprint density at radius 3 is 0.716 bits per heavy atom. The summed E-state index contributed by atoms with van der Waals surface area (Å²) in [5, 5.41) is 10.6. The van der Waals surface area contributed by atoms with Crippen molar-refractivity contribution in [3.63, 3.8) is 0 Å². The molecule has 0 saturated heterocycles. The maximum absolute atomic E-state index is 13.1. The minimum Gasteiger partial charge on any atom is -0.462 e. The van der Waals surface area contributed by atoms with Crippen molar-refractivity contribution >= 4 is 39.5 Å². The van der Waals surface area contributed by atoms with Gasteiger partial charge in [0.15, 0.2) is 12.2 Å². The molecule has 0 bridgehead atoms. The first kappa shape index (κ1) is 93.1. The van der Waals surface area contributed by atoms with Crippen LogP contribution in [0.25, 0.3) is 0 Å². The Hall–Kier alpha value is -1.94. The Kier molecular flexibility index (Phi) is 67.7. The second kappa shape index (κ2) is 69.2. The normalized spacial score (nSPS) is 13.9. The molecule has 0 aliphatic carbocycles. The molecule has 0 aromatic rings. The number of aliphatic hydroxyl groups excluding tert-OH is 1. The van der Waals surface area contributed by atoms with Crippen LogP contribution in [0, 0.1) is 5.92 Å². The van der Waals surface area contributed by atoms with Crippen LogP contribution >= 0.6 is 15.6 Å². The summed E-state index contributed by atoms with van der Waals surface area (Å²) in [5.74, 6) is -1.32. The third-order valence-corrected chi connectivity index (χ3v) is 19.7. The molecule has 0 amide bonds. The quantitative estimate of drug-likeness (QED) is 0.0222. The van der Waals surface area contributed by atoms with Crippen LogP contribution in [0.15, 0.2) is 0 Å². The topological polar surface area (TPSA) is 237 Å². The Labute approximate surface area is 581 Å². The van der Waals surface area contributed by atoms with Crippen molar-refractivity contribution in [1.82, 2.24) is 0 Å². The monoisotopic (exact) mass is 1400 g/mol. The highest BCUT2D eigenvalue weighted by molar-refractivity contribution is 7.47. The first-order valence-electron chi connectivity index (χ1n) is 39.6. The molecule has 0 aromatic carbocycles. The second-order valence-electron chi connectivity index (χ2n) is 27.9. The van der Waals surface area contributed by atoms with Crippen LogP contribution in [0.4, 0.5) is 0 Å². The van der Waals surface area contributed by atoms with Crippen LogP contribution in [-0.2, 0) is 65.4 Å². The van der Waals surface area contributed by atoms with E-state index in [-0.39, 0.29) is 25.7 Å². The van der Waals surface area contributed by atoms with Gasteiger partial charge in [-0.15, -0.1) is 0 Å². The van der Waals surface area contributed by atoms with E-state index in [1.807, 2.05) is 0 Å². The fourth-order valence-electron chi connectivity index (χ4n) is 11.7. The zero-order valence-corrected chi connectivity index (χ0v) is 63.6. The van der Waals surface area contributed by atoms with Gasteiger partial charge in [0.1, 0.15) is 19.3 Å². The Balaban J connectivity index is 5.19. The second-order valence-corrected chi connectivity index (χ2v) is 30.8. The largest absolute Gasteiger partial charge is 0.472 e. The number of aliphatic hydroxyl groups is 1. The standard InChI is InChI=1S/C76H148O17P2/c1-6-9-12-15-18-21-23-24-25-26-27-28-29-30-33-37-42-47-52-57-62-76(81)93-72(66-87-74(79)60-55-50-45-41-36-34-31-32-35-39-43-48-53-58-69(4)5)68-91-95(84,85)89-64-70(77)63-88-94(82,83)90-67-71(65-86-73(78)59-54-49-44-38-20-17-14-11-8-3)92-75(80)61-56-51-46-40-22-19-16-13-10-7-2/h69-72,77H,6-68H2,1-5H3,(H,82,83)(H,84,85)/t70-,71+,72+/m0/s1. The van der Waals surface area contributed by atoms with Gasteiger partial charge in [-0.1, -0.05) is 349 Å². The van der Waals surface area contributed by atoms with Gasteiger partial charge in [0, 0.05) is 25.7 Å². The number of unbranched alkanes of at least 4 members (excludes halogenated alkanes) is 48. The molecule has 0 aliphatic heterocycles.